The maximum Gasteiger partial charge on any atom is 0.436 e. The number of halogens is 4. The molecule has 0 unspecified atom stereocenters. The smallest absolute Gasteiger partial charge is 0.309 e. The Labute approximate surface area is 186 Å². The number of carbonyl (C=O) groups is 1. The lowest BCUT2D eigenvalue weighted by atomic mass is 10.0. The van der Waals surface area contributed by atoms with Crippen LogP contribution in [0.25, 0.3) is 10.8 Å². The Morgan fingerprint density at radius 1 is 1.09 bits per heavy atom. The van der Waals surface area contributed by atoms with Crippen LogP contribution in [0.2, 0.25) is 5.02 Å². The predicted molar refractivity (Wildman–Crippen MR) is 115 cm³/mol. The molecule has 0 atom stereocenters. The number of alkyl halides is 3. The quantitative estimate of drug-likeness (QED) is 0.424. The monoisotopic (exact) mass is 461 g/mol. The van der Waals surface area contributed by atoms with Crippen molar-refractivity contribution in [2.75, 3.05) is 5.32 Å². The van der Waals surface area contributed by atoms with Gasteiger partial charge in [0, 0.05) is 18.7 Å². The second-order valence-corrected chi connectivity index (χ2v) is 7.68. The average Bonchev–Trinajstić information content (AvgIpc) is 3.31. The summed E-state index contributed by atoms with van der Waals surface area (Å²) in [7, 11) is 0. The van der Waals surface area contributed by atoms with Gasteiger partial charge in [-0.15, -0.1) is 0 Å². The number of anilines is 1. The molecule has 0 saturated carbocycles. The number of aromatic nitrogens is 4. The zero-order valence-corrected chi connectivity index (χ0v) is 17.8. The highest BCUT2D eigenvalue weighted by Gasteiger charge is 2.38. The van der Waals surface area contributed by atoms with Crippen molar-refractivity contribution in [1.82, 2.24) is 19.6 Å². The molecule has 32 heavy (non-hydrogen) atoms. The van der Waals surface area contributed by atoms with Crippen molar-refractivity contribution in [2.24, 2.45) is 0 Å². The Kier molecular flexibility index (Phi) is 5.92. The minimum atomic E-state index is -4.65. The summed E-state index contributed by atoms with van der Waals surface area (Å²) < 4.78 is 41.6. The van der Waals surface area contributed by atoms with Gasteiger partial charge in [-0.3, -0.25) is 14.2 Å². The highest BCUT2D eigenvalue weighted by molar-refractivity contribution is 6.31. The second kappa shape index (κ2) is 8.66. The zero-order valence-electron chi connectivity index (χ0n) is 17.0. The van der Waals surface area contributed by atoms with Crippen molar-refractivity contribution in [3.05, 3.63) is 76.7 Å². The lowest BCUT2D eigenvalue weighted by Crippen LogP contribution is -2.16. The number of hydrogen-bond acceptors (Lipinski definition) is 3. The Balaban J connectivity index is 1.38. The van der Waals surface area contributed by atoms with E-state index in [1.807, 2.05) is 42.5 Å². The molecule has 0 bridgehead atoms. The number of rotatable bonds is 6. The Bertz CT molecular complexity index is 1270. The van der Waals surface area contributed by atoms with Crippen molar-refractivity contribution in [3.63, 3.8) is 0 Å². The summed E-state index contributed by atoms with van der Waals surface area (Å²) in [6.07, 6.45) is -2.97. The lowest BCUT2D eigenvalue weighted by Gasteiger charge is -2.07. The van der Waals surface area contributed by atoms with E-state index in [2.05, 4.69) is 15.5 Å². The molecule has 6 nitrogen and oxygen atoms in total. The Hall–Kier alpha value is -3.33. The topological polar surface area (TPSA) is 64.7 Å². The summed E-state index contributed by atoms with van der Waals surface area (Å²) in [6.45, 7) is 1.92. The van der Waals surface area contributed by atoms with E-state index in [-0.39, 0.29) is 24.6 Å². The van der Waals surface area contributed by atoms with Gasteiger partial charge in [0.05, 0.1) is 23.8 Å². The molecule has 10 heteroatoms. The van der Waals surface area contributed by atoms with Gasteiger partial charge in [-0.25, -0.2) is 0 Å². The van der Waals surface area contributed by atoms with Gasteiger partial charge in [-0.1, -0.05) is 54.1 Å². The van der Waals surface area contributed by atoms with Crippen molar-refractivity contribution in [2.45, 2.75) is 32.6 Å². The molecule has 0 spiro atoms. The summed E-state index contributed by atoms with van der Waals surface area (Å²) in [5, 5.41) is 12.3. The summed E-state index contributed by atoms with van der Waals surface area (Å²) in [4.78, 5) is 12.3. The second-order valence-electron chi connectivity index (χ2n) is 7.30. The van der Waals surface area contributed by atoms with E-state index in [0.29, 0.717) is 12.4 Å². The van der Waals surface area contributed by atoms with Gasteiger partial charge in [0.1, 0.15) is 0 Å². The van der Waals surface area contributed by atoms with E-state index >= 15 is 0 Å². The summed E-state index contributed by atoms with van der Waals surface area (Å²) in [5.74, 6) is -0.0265. The molecule has 4 aromatic rings. The molecule has 2 aromatic heterocycles. The van der Waals surface area contributed by atoms with Crippen LogP contribution < -0.4 is 5.32 Å². The lowest BCUT2D eigenvalue weighted by molar-refractivity contribution is -0.141. The number of carbonyl (C=O) groups excluding carboxylic acids is 1. The molecule has 0 aliphatic carbocycles. The van der Waals surface area contributed by atoms with Crippen LogP contribution in [-0.4, -0.2) is 25.5 Å². The van der Waals surface area contributed by atoms with Crippen molar-refractivity contribution in [1.29, 1.82) is 0 Å². The third-order valence-electron chi connectivity index (χ3n) is 5.07. The fourth-order valence-corrected chi connectivity index (χ4v) is 3.70. The number of hydrogen-bond donors (Lipinski definition) is 1. The number of nitrogens with one attached hydrogen (secondary N) is 1. The van der Waals surface area contributed by atoms with Gasteiger partial charge in [0.25, 0.3) is 0 Å². The van der Waals surface area contributed by atoms with Crippen molar-refractivity contribution in [3.8, 4) is 0 Å². The molecule has 2 heterocycles. The molecule has 4 rings (SSSR count). The molecular formula is C22H19ClF3N5O. The highest BCUT2D eigenvalue weighted by atomic mass is 35.5. The summed E-state index contributed by atoms with van der Waals surface area (Å²) in [5.41, 5.74) is 0.103. The van der Waals surface area contributed by atoms with Crippen LogP contribution in [0.4, 0.5) is 19.0 Å². The standard InChI is InChI=1S/C22H19ClF3N5O/c1-14-20(23)21(22(24,25)26)29-31(14)12-10-19(32)27-18-9-11-30(28-18)13-16-7-4-6-15-5-2-3-8-17(15)16/h2-9,11H,10,12-13H2,1H3,(H,27,28,32). The fourth-order valence-electron chi connectivity index (χ4n) is 3.46. The van der Waals surface area contributed by atoms with Crippen molar-refractivity contribution >= 4 is 34.1 Å². The van der Waals surface area contributed by atoms with Gasteiger partial charge >= 0.3 is 6.18 Å². The third-order valence-corrected chi connectivity index (χ3v) is 5.53. The first-order valence-electron chi connectivity index (χ1n) is 9.82. The fraction of sp³-hybridized carbons (Fsp3) is 0.227. The SMILES string of the molecule is Cc1c(Cl)c(C(F)(F)F)nn1CCC(=O)Nc1ccn(Cc2cccc3ccccc23)n1. The van der Waals surface area contributed by atoms with Crippen LogP contribution in [0.1, 0.15) is 23.4 Å². The highest BCUT2D eigenvalue weighted by Crippen LogP contribution is 2.35. The molecule has 1 amide bonds. The van der Waals surface area contributed by atoms with Crippen LogP contribution in [0.15, 0.2) is 54.7 Å². The molecule has 2 aromatic carbocycles. The van der Waals surface area contributed by atoms with E-state index < -0.39 is 16.9 Å². The first kappa shape index (κ1) is 21.9. The first-order chi connectivity index (χ1) is 15.2. The van der Waals surface area contributed by atoms with Crippen LogP contribution in [0.5, 0.6) is 0 Å². The molecule has 166 valence electrons. The number of fused-ring (bicyclic) bond motifs is 1. The van der Waals surface area contributed by atoms with E-state index in [1.54, 1.807) is 16.9 Å². The largest absolute Gasteiger partial charge is 0.436 e. The van der Waals surface area contributed by atoms with Gasteiger partial charge in [0.2, 0.25) is 5.91 Å². The molecule has 0 saturated heterocycles. The van der Waals surface area contributed by atoms with E-state index in [1.165, 1.54) is 6.92 Å². The van der Waals surface area contributed by atoms with Gasteiger partial charge in [-0.2, -0.15) is 23.4 Å². The normalized spacial score (nSPS) is 11.8. The Morgan fingerprint density at radius 3 is 2.59 bits per heavy atom. The van der Waals surface area contributed by atoms with Gasteiger partial charge in [0.15, 0.2) is 11.5 Å². The van der Waals surface area contributed by atoms with Gasteiger partial charge < -0.3 is 5.32 Å². The summed E-state index contributed by atoms with van der Waals surface area (Å²) >= 11 is 5.73. The zero-order chi connectivity index (χ0) is 22.9. The third kappa shape index (κ3) is 4.62. The molecular weight excluding hydrogens is 443 g/mol. The minimum absolute atomic E-state index is 0.0375. The van der Waals surface area contributed by atoms with Gasteiger partial charge in [-0.05, 0) is 23.3 Å². The van der Waals surface area contributed by atoms with Crippen LogP contribution in [-0.2, 0) is 24.1 Å². The first-order valence-corrected chi connectivity index (χ1v) is 10.2. The molecule has 1 N–H and O–H groups in total. The maximum atomic E-state index is 12.9. The number of aryl methyl sites for hydroxylation is 1. The Morgan fingerprint density at radius 2 is 1.84 bits per heavy atom. The van der Waals surface area contributed by atoms with Crippen LogP contribution in [0.3, 0.4) is 0 Å². The molecule has 0 radical (unpaired) electrons. The molecule has 0 aliphatic rings. The van der Waals surface area contributed by atoms with Crippen LogP contribution in [0, 0.1) is 6.92 Å². The maximum absolute atomic E-state index is 12.9. The van der Waals surface area contributed by atoms with Crippen LogP contribution >= 0.6 is 11.6 Å². The van der Waals surface area contributed by atoms with E-state index in [9.17, 15) is 18.0 Å². The average molecular weight is 462 g/mol. The predicted octanol–water partition coefficient (Wildman–Crippen LogP) is 5.29. The summed E-state index contributed by atoms with van der Waals surface area (Å²) in [6, 6.07) is 15.8. The van der Waals surface area contributed by atoms with E-state index in [0.717, 1.165) is 21.0 Å². The molecule has 0 aliphatic heterocycles. The molecule has 0 fully saturated rings. The number of amides is 1. The number of benzene rings is 2. The minimum Gasteiger partial charge on any atom is -0.309 e. The number of nitrogens with zero attached hydrogens (tertiary/aromatic N) is 4. The van der Waals surface area contributed by atoms with Crippen molar-refractivity contribution < 1.29 is 18.0 Å². The van der Waals surface area contributed by atoms with E-state index in [4.69, 9.17) is 11.6 Å².